The van der Waals surface area contributed by atoms with Crippen LogP contribution in [0.5, 0.6) is 0 Å². The fourth-order valence-corrected chi connectivity index (χ4v) is 1.16. The van der Waals surface area contributed by atoms with E-state index in [9.17, 15) is 0 Å². The average molecular weight is 199 g/mol. The number of hydrogen-bond donors (Lipinski definition) is 1. The van der Waals surface area contributed by atoms with E-state index in [0.29, 0.717) is 0 Å². The molecule has 0 saturated carbocycles. The molecule has 0 amide bonds. The van der Waals surface area contributed by atoms with E-state index in [-0.39, 0.29) is 0 Å². The van der Waals surface area contributed by atoms with Crippen LogP contribution in [0.4, 0.5) is 0 Å². The minimum absolute atomic E-state index is 0.923. The molecular weight excluding hydrogens is 178 g/mol. The summed E-state index contributed by atoms with van der Waals surface area (Å²) in [5.41, 5.74) is 1.24. The van der Waals surface area contributed by atoms with Crippen LogP contribution in [-0.2, 0) is 0 Å². The van der Waals surface area contributed by atoms with Crippen LogP contribution in [0.2, 0.25) is 0 Å². The third-order valence-electron chi connectivity index (χ3n) is 1.68. The first kappa shape index (κ1) is 12.8. The Labute approximate surface area is 87.7 Å². The minimum atomic E-state index is 0.923. The second-order valence-electron chi connectivity index (χ2n) is 3.01. The summed E-state index contributed by atoms with van der Waals surface area (Å²) in [7, 11) is 0. The monoisotopic (exact) mass is 199 g/mol. The molecule has 1 nitrogen and oxygen atoms in total. The zero-order valence-electron chi connectivity index (χ0n) is 8.79. The number of aliphatic imine (C=N–C) groups is 1. The Morgan fingerprint density at radius 2 is 2.15 bits per heavy atom. The first-order chi connectivity index (χ1) is 6.35. The van der Waals surface area contributed by atoms with Crippen molar-refractivity contribution in [1.29, 1.82) is 0 Å². The highest BCUT2D eigenvalue weighted by atomic mass is 32.1. The number of nitrogens with zero attached hydrogens (tertiary/aromatic N) is 1. The standard InChI is InChI=1S/C11H21NS/c1-3-5-8-11(7-4-2)12-9-6-10-13/h5,8,13H,3-4,6-7,9-10H2,1-2H3/b8-5+,12-11?. The normalized spacial score (nSPS) is 12.7. The van der Waals surface area contributed by atoms with Gasteiger partial charge < -0.3 is 0 Å². The Bertz CT molecular complexity index is 161. The molecule has 76 valence electrons. The number of thiol groups is 1. The van der Waals surface area contributed by atoms with Crippen molar-refractivity contribution in [3.05, 3.63) is 12.2 Å². The summed E-state index contributed by atoms with van der Waals surface area (Å²) in [6.07, 6.45) is 8.78. The molecule has 0 radical (unpaired) electrons. The zero-order valence-corrected chi connectivity index (χ0v) is 9.69. The smallest absolute Gasteiger partial charge is 0.0400 e. The summed E-state index contributed by atoms with van der Waals surface area (Å²) in [6.45, 7) is 5.26. The van der Waals surface area contributed by atoms with E-state index >= 15 is 0 Å². The van der Waals surface area contributed by atoms with E-state index in [2.05, 4.69) is 43.6 Å². The molecular formula is C11H21NS. The van der Waals surface area contributed by atoms with Crippen molar-refractivity contribution in [2.24, 2.45) is 4.99 Å². The molecule has 13 heavy (non-hydrogen) atoms. The van der Waals surface area contributed by atoms with Crippen LogP contribution in [0.15, 0.2) is 17.1 Å². The molecule has 0 aliphatic rings. The third kappa shape index (κ3) is 8.10. The minimum Gasteiger partial charge on any atom is -0.290 e. The lowest BCUT2D eigenvalue weighted by Crippen LogP contribution is -1.95. The van der Waals surface area contributed by atoms with Gasteiger partial charge in [0.05, 0.1) is 0 Å². The van der Waals surface area contributed by atoms with Crippen molar-refractivity contribution in [2.75, 3.05) is 12.3 Å². The second kappa shape index (κ2) is 9.85. The molecule has 0 rings (SSSR count). The van der Waals surface area contributed by atoms with E-state index in [1.165, 1.54) is 12.1 Å². The predicted molar refractivity (Wildman–Crippen MR) is 65.1 cm³/mol. The summed E-state index contributed by atoms with van der Waals surface area (Å²) in [6, 6.07) is 0. The quantitative estimate of drug-likeness (QED) is 0.366. The maximum atomic E-state index is 4.52. The molecule has 0 aromatic rings. The highest BCUT2D eigenvalue weighted by Gasteiger charge is 1.91. The van der Waals surface area contributed by atoms with Crippen LogP contribution >= 0.6 is 12.6 Å². The summed E-state index contributed by atoms with van der Waals surface area (Å²) in [4.78, 5) is 4.52. The van der Waals surface area contributed by atoms with Crippen LogP contribution in [0.3, 0.4) is 0 Å². The first-order valence-corrected chi connectivity index (χ1v) is 5.79. The molecule has 0 N–H and O–H groups in total. The molecule has 0 bridgehead atoms. The van der Waals surface area contributed by atoms with Crippen LogP contribution in [0.1, 0.15) is 39.5 Å². The maximum Gasteiger partial charge on any atom is 0.0400 e. The first-order valence-electron chi connectivity index (χ1n) is 5.15. The van der Waals surface area contributed by atoms with Gasteiger partial charge in [0.25, 0.3) is 0 Å². The van der Waals surface area contributed by atoms with Crippen molar-refractivity contribution < 1.29 is 0 Å². The lowest BCUT2D eigenvalue weighted by Gasteiger charge is -1.98. The van der Waals surface area contributed by atoms with Gasteiger partial charge in [0.15, 0.2) is 0 Å². The van der Waals surface area contributed by atoms with E-state index in [0.717, 1.165) is 31.6 Å². The molecule has 0 spiro atoms. The summed E-state index contributed by atoms with van der Waals surface area (Å²) >= 11 is 4.16. The van der Waals surface area contributed by atoms with Crippen molar-refractivity contribution in [1.82, 2.24) is 0 Å². The Morgan fingerprint density at radius 1 is 1.38 bits per heavy atom. The van der Waals surface area contributed by atoms with Crippen molar-refractivity contribution >= 4 is 18.3 Å². The molecule has 0 aliphatic carbocycles. The maximum absolute atomic E-state index is 4.52. The zero-order chi connectivity index (χ0) is 9.94. The molecule has 0 heterocycles. The summed E-state index contributed by atoms with van der Waals surface area (Å²) < 4.78 is 0. The van der Waals surface area contributed by atoms with Gasteiger partial charge in [-0.25, -0.2) is 0 Å². The highest BCUT2D eigenvalue weighted by molar-refractivity contribution is 7.80. The summed E-state index contributed by atoms with van der Waals surface area (Å²) in [5, 5.41) is 0. The number of rotatable bonds is 7. The van der Waals surface area contributed by atoms with Crippen LogP contribution < -0.4 is 0 Å². The van der Waals surface area contributed by atoms with Gasteiger partial charge >= 0.3 is 0 Å². The van der Waals surface area contributed by atoms with Crippen LogP contribution in [0.25, 0.3) is 0 Å². The van der Waals surface area contributed by atoms with Crippen molar-refractivity contribution in [3.63, 3.8) is 0 Å². The largest absolute Gasteiger partial charge is 0.290 e. The van der Waals surface area contributed by atoms with Gasteiger partial charge in [0, 0.05) is 12.3 Å². The Morgan fingerprint density at radius 3 is 2.69 bits per heavy atom. The average Bonchev–Trinajstić information content (AvgIpc) is 2.14. The van der Waals surface area contributed by atoms with E-state index in [4.69, 9.17) is 0 Å². The third-order valence-corrected chi connectivity index (χ3v) is 2.00. The second-order valence-corrected chi connectivity index (χ2v) is 3.46. The van der Waals surface area contributed by atoms with Gasteiger partial charge in [0.1, 0.15) is 0 Å². The van der Waals surface area contributed by atoms with Gasteiger partial charge in [-0.3, -0.25) is 4.99 Å². The Kier molecular flexibility index (Phi) is 9.66. The van der Waals surface area contributed by atoms with E-state index in [1.54, 1.807) is 0 Å². The predicted octanol–water partition coefficient (Wildman–Crippen LogP) is 3.51. The van der Waals surface area contributed by atoms with Crippen molar-refractivity contribution in [2.45, 2.75) is 39.5 Å². The Hall–Kier alpha value is -0.240. The Balaban J connectivity index is 3.90. The van der Waals surface area contributed by atoms with Gasteiger partial charge in [-0.05, 0) is 31.1 Å². The van der Waals surface area contributed by atoms with Gasteiger partial charge in [-0.2, -0.15) is 12.6 Å². The van der Waals surface area contributed by atoms with Gasteiger partial charge in [-0.15, -0.1) is 0 Å². The highest BCUT2D eigenvalue weighted by Crippen LogP contribution is 1.97. The molecule has 0 fully saturated rings. The number of allylic oxidation sites excluding steroid dienone is 2. The molecule has 0 unspecified atom stereocenters. The SMILES string of the molecule is CC/C=C/C(CCC)=NCCCS. The van der Waals surface area contributed by atoms with E-state index < -0.39 is 0 Å². The lowest BCUT2D eigenvalue weighted by molar-refractivity contribution is 0.922. The van der Waals surface area contributed by atoms with Gasteiger partial charge in [0.2, 0.25) is 0 Å². The van der Waals surface area contributed by atoms with E-state index in [1.807, 2.05) is 0 Å². The molecule has 0 saturated heterocycles. The molecule has 0 aromatic heterocycles. The topological polar surface area (TPSA) is 12.4 Å². The summed E-state index contributed by atoms with van der Waals surface area (Å²) in [5.74, 6) is 0.931. The number of hydrogen-bond acceptors (Lipinski definition) is 2. The van der Waals surface area contributed by atoms with Crippen molar-refractivity contribution in [3.8, 4) is 0 Å². The molecule has 0 aromatic carbocycles. The molecule has 0 aliphatic heterocycles. The van der Waals surface area contributed by atoms with Gasteiger partial charge in [-0.1, -0.05) is 26.3 Å². The molecule has 2 heteroatoms. The fraction of sp³-hybridized carbons (Fsp3) is 0.727. The lowest BCUT2D eigenvalue weighted by atomic mass is 10.2. The fourth-order valence-electron chi connectivity index (χ4n) is 1.02. The van der Waals surface area contributed by atoms with Crippen LogP contribution in [-0.4, -0.2) is 18.0 Å². The van der Waals surface area contributed by atoms with Crippen LogP contribution in [0, 0.1) is 0 Å². The molecule has 0 atom stereocenters.